The summed E-state index contributed by atoms with van der Waals surface area (Å²) in [4.78, 5) is 0. The number of benzene rings is 1. The zero-order valence-corrected chi connectivity index (χ0v) is 9.48. The highest BCUT2D eigenvalue weighted by molar-refractivity contribution is 5.85. The van der Waals surface area contributed by atoms with E-state index in [1.807, 2.05) is 6.07 Å². The van der Waals surface area contributed by atoms with Crippen LogP contribution in [0.5, 0.6) is 0 Å². The lowest BCUT2D eigenvalue weighted by molar-refractivity contribution is 0.429. The lowest BCUT2D eigenvalue weighted by Gasteiger charge is -2.24. The van der Waals surface area contributed by atoms with Crippen LogP contribution in [0.3, 0.4) is 0 Å². The summed E-state index contributed by atoms with van der Waals surface area (Å²) in [7, 11) is 0. The molecule has 0 saturated carbocycles. The van der Waals surface area contributed by atoms with Gasteiger partial charge in [0.2, 0.25) is 0 Å². The van der Waals surface area contributed by atoms with Gasteiger partial charge in [0.25, 0.3) is 0 Å². The molecule has 3 nitrogen and oxygen atoms in total. The molecule has 1 aromatic carbocycles. The van der Waals surface area contributed by atoms with Crippen molar-refractivity contribution in [2.45, 2.75) is 6.04 Å². The fourth-order valence-corrected chi connectivity index (χ4v) is 1.73. The molecule has 1 saturated heterocycles. The molecule has 0 spiro atoms. The van der Waals surface area contributed by atoms with Crippen molar-refractivity contribution < 1.29 is 4.39 Å². The fraction of sp³-hybridized carbons (Fsp3) is 0.364. The van der Waals surface area contributed by atoms with Crippen LogP contribution in [0.15, 0.2) is 18.2 Å². The summed E-state index contributed by atoms with van der Waals surface area (Å²) in [5, 5.41) is 15.3. The lowest BCUT2D eigenvalue weighted by atomic mass is 10.0. The van der Waals surface area contributed by atoms with Crippen molar-refractivity contribution in [2.24, 2.45) is 0 Å². The molecule has 0 aliphatic carbocycles. The van der Waals surface area contributed by atoms with Crippen molar-refractivity contribution in [2.75, 3.05) is 19.6 Å². The maximum absolute atomic E-state index is 13.1. The predicted molar refractivity (Wildman–Crippen MR) is 62.0 cm³/mol. The molecule has 1 atom stereocenters. The van der Waals surface area contributed by atoms with Crippen LogP contribution in [0.1, 0.15) is 17.2 Å². The first-order valence-electron chi connectivity index (χ1n) is 4.95. The molecule has 2 rings (SSSR count). The number of halogens is 2. The summed E-state index contributed by atoms with van der Waals surface area (Å²) >= 11 is 0. The number of rotatable bonds is 1. The maximum Gasteiger partial charge on any atom is 0.140 e. The van der Waals surface area contributed by atoms with Gasteiger partial charge in [-0.25, -0.2) is 4.39 Å². The third-order valence-electron chi connectivity index (χ3n) is 2.55. The molecule has 86 valence electrons. The van der Waals surface area contributed by atoms with Gasteiger partial charge in [0.1, 0.15) is 11.9 Å². The fourth-order valence-electron chi connectivity index (χ4n) is 1.73. The van der Waals surface area contributed by atoms with Crippen molar-refractivity contribution in [1.29, 1.82) is 5.26 Å². The van der Waals surface area contributed by atoms with Gasteiger partial charge in [-0.15, -0.1) is 12.4 Å². The number of piperazine rings is 1. The van der Waals surface area contributed by atoms with Crippen LogP contribution in [0.2, 0.25) is 0 Å². The third-order valence-corrected chi connectivity index (χ3v) is 2.55. The summed E-state index contributed by atoms with van der Waals surface area (Å²) < 4.78 is 13.1. The van der Waals surface area contributed by atoms with Crippen molar-refractivity contribution in [3.63, 3.8) is 0 Å². The molecule has 0 bridgehead atoms. The maximum atomic E-state index is 13.1. The second-order valence-corrected chi connectivity index (χ2v) is 3.56. The van der Waals surface area contributed by atoms with E-state index in [1.54, 1.807) is 12.1 Å². The van der Waals surface area contributed by atoms with Gasteiger partial charge in [-0.2, -0.15) is 5.26 Å². The van der Waals surface area contributed by atoms with Gasteiger partial charge >= 0.3 is 0 Å². The van der Waals surface area contributed by atoms with E-state index >= 15 is 0 Å². The van der Waals surface area contributed by atoms with E-state index in [2.05, 4.69) is 10.6 Å². The zero-order chi connectivity index (χ0) is 10.7. The second-order valence-electron chi connectivity index (χ2n) is 3.56. The van der Waals surface area contributed by atoms with Crippen LogP contribution in [-0.4, -0.2) is 19.6 Å². The van der Waals surface area contributed by atoms with Gasteiger partial charge in [0.15, 0.2) is 0 Å². The number of hydrogen-bond donors (Lipinski definition) is 2. The van der Waals surface area contributed by atoms with E-state index in [4.69, 9.17) is 5.26 Å². The summed E-state index contributed by atoms with van der Waals surface area (Å²) in [6, 6.07) is 6.71. The molecular weight excluding hydrogens is 229 g/mol. The Morgan fingerprint density at radius 1 is 1.38 bits per heavy atom. The zero-order valence-electron chi connectivity index (χ0n) is 8.66. The third kappa shape index (κ3) is 2.70. The van der Waals surface area contributed by atoms with Gasteiger partial charge in [0, 0.05) is 25.7 Å². The summed E-state index contributed by atoms with van der Waals surface area (Å²) in [5.74, 6) is -0.454. The molecule has 1 aromatic rings. The highest BCUT2D eigenvalue weighted by Gasteiger charge is 2.15. The van der Waals surface area contributed by atoms with Gasteiger partial charge in [0.05, 0.1) is 5.56 Å². The minimum absolute atomic E-state index is 0. The van der Waals surface area contributed by atoms with Gasteiger partial charge in [-0.1, -0.05) is 6.07 Å². The Labute approximate surface area is 100 Å². The number of nitrogens with one attached hydrogen (secondary N) is 2. The first-order chi connectivity index (χ1) is 7.31. The topological polar surface area (TPSA) is 47.9 Å². The minimum Gasteiger partial charge on any atom is -0.314 e. The molecular formula is C11H13ClFN3. The molecule has 0 aromatic heterocycles. The number of hydrogen-bond acceptors (Lipinski definition) is 3. The Bertz CT molecular complexity index is 397. The average Bonchev–Trinajstić information content (AvgIpc) is 2.31. The first-order valence-corrected chi connectivity index (χ1v) is 4.95. The molecule has 2 N–H and O–H groups in total. The number of nitrogens with zero attached hydrogens (tertiary/aromatic N) is 1. The molecule has 0 amide bonds. The van der Waals surface area contributed by atoms with Crippen LogP contribution in [0.25, 0.3) is 0 Å². The van der Waals surface area contributed by atoms with E-state index in [0.29, 0.717) is 0 Å². The van der Waals surface area contributed by atoms with E-state index in [0.717, 1.165) is 25.2 Å². The Morgan fingerprint density at radius 3 is 2.81 bits per heavy atom. The minimum atomic E-state index is -0.454. The number of nitriles is 1. The molecule has 1 aliphatic heterocycles. The van der Waals surface area contributed by atoms with Crippen molar-refractivity contribution in [1.82, 2.24) is 10.6 Å². The Morgan fingerprint density at radius 2 is 2.19 bits per heavy atom. The average molecular weight is 242 g/mol. The smallest absolute Gasteiger partial charge is 0.140 e. The second kappa shape index (κ2) is 5.80. The monoisotopic (exact) mass is 241 g/mol. The van der Waals surface area contributed by atoms with Crippen molar-refractivity contribution in [3.8, 4) is 6.07 Å². The molecule has 1 aliphatic rings. The molecule has 1 heterocycles. The Kier molecular flexibility index (Phi) is 4.69. The highest BCUT2D eigenvalue weighted by Crippen LogP contribution is 2.17. The van der Waals surface area contributed by atoms with E-state index in [1.165, 1.54) is 6.07 Å². The summed E-state index contributed by atoms with van der Waals surface area (Å²) in [5.41, 5.74) is 1.07. The van der Waals surface area contributed by atoms with Gasteiger partial charge < -0.3 is 10.6 Å². The molecule has 5 heteroatoms. The van der Waals surface area contributed by atoms with Crippen LogP contribution < -0.4 is 10.6 Å². The molecule has 1 fully saturated rings. The highest BCUT2D eigenvalue weighted by atomic mass is 35.5. The molecule has 0 radical (unpaired) electrons. The van der Waals surface area contributed by atoms with Crippen LogP contribution >= 0.6 is 12.4 Å². The van der Waals surface area contributed by atoms with E-state index < -0.39 is 5.82 Å². The van der Waals surface area contributed by atoms with Crippen molar-refractivity contribution >= 4 is 12.4 Å². The largest absolute Gasteiger partial charge is 0.314 e. The van der Waals surface area contributed by atoms with Gasteiger partial charge in [-0.3, -0.25) is 0 Å². The Hall–Kier alpha value is -1.15. The standard InChI is InChI=1S/C11H12FN3.ClH/c12-10-2-1-8(5-9(10)6-13)11-7-14-3-4-15-11;/h1-2,5,11,14-15H,3-4,7H2;1H/t11-;/m1./s1. The molecule has 0 unspecified atom stereocenters. The normalized spacial score (nSPS) is 19.6. The first kappa shape index (κ1) is 12.9. The van der Waals surface area contributed by atoms with Crippen LogP contribution in [-0.2, 0) is 0 Å². The Balaban J connectivity index is 0.00000128. The quantitative estimate of drug-likeness (QED) is 0.781. The lowest BCUT2D eigenvalue weighted by Crippen LogP contribution is -2.42. The van der Waals surface area contributed by atoms with Gasteiger partial charge in [-0.05, 0) is 17.7 Å². The van der Waals surface area contributed by atoms with E-state index in [-0.39, 0.29) is 24.0 Å². The van der Waals surface area contributed by atoms with Crippen molar-refractivity contribution in [3.05, 3.63) is 35.1 Å². The molecule has 16 heavy (non-hydrogen) atoms. The van der Waals surface area contributed by atoms with E-state index in [9.17, 15) is 4.39 Å². The summed E-state index contributed by atoms with van der Waals surface area (Å²) in [6.07, 6.45) is 0. The summed E-state index contributed by atoms with van der Waals surface area (Å²) in [6.45, 7) is 2.66. The predicted octanol–water partition coefficient (Wildman–Crippen LogP) is 1.35. The van der Waals surface area contributed by atoms with Crippen LogP contribution in [0, 0.1) is 17.1 Å². The van der Waals surface area contributed by atoms with Crippen LogP contribution in [0.4, 0.5) is 4.39 Å². The SMILES string of the molecule is Cl.N#Cc1cc([C@H]2CNCCN2)ccc1F.